The van der Waals surface area contributed by atoms with Crippen LogP contribution in [0, 0.1) is 0 Å². The quantitative estimate of drug-likeness (QED) is 0.729. The second-order valence-corrected chi connectivity index (χ2v) is 5.59. The van der Waals surface area contributed by atoms with Crippen molar-refractivity contribution >= 4 is 0 Å². The van der Waals surface area contributed by atoms with Gasteiger partial charge in [-0.2, -0.15) is 0 Å². The first kappa shape index (κ1) is 16.2. The van der Waals surface area contributed by atoms with E-state index in [9.17, 15) is 0 Å². The van der Waals surface area contributed by atoms with Crippen LogP contribution in [0.15, 0.2) is 24.3 Å². The van der Waals surface area contributed by atoms with Gasteiger partial charge in [-0.1, -0.05) is 51.5 Å². The van der Waals surface area contributed by atoms with E-state index in [0.717, 1.165) is 26.0 Å². The maximum atomic E-state index is 5.81. The molecule has 0 amide bonds. The van der Waals surface area contributed by atoms with Crippen LogP contribution in [0.5, 0.6) is 0 Å². The molecule has 1 unspecified atom stereocenters. The van der Waals surface area contributed by atoms with Gasteiger partial charge in [-0.05, 0) is 37.4 Å². The normalized spacial score (nSPS) is 12.9. The smallest absolute Gasteiger partial charge is 0.0720 e. The molecule has 0 aliphatic heterocycles. The van der Waals surface area contributed by atoms with Crippen LogP contribution in [0.4, 0.5) is 0 Å². The molecule has 1 atom stereocenters. The van der Waals surface area contributed by atoms with Gasteiger partial charge in [-0.3, -0.25) is 0 Å². The number of benzene rings is 1. The Labute approximate surface area is 118 Å². The molecule has 1 N–H and O–H groups in total. The average molecular weight is 263 g/mol. The highest BCUT2D eigenvalue weighted by molar-refractivity contribution is 5.22. The van der Waals surface area contributed by atoms with E-state index in [4.69, 9.17) is 4.74 Å². The van der Waals surface area contributed by atoms with Crippen molar-refractivity contribution < 1.29 is 4.74 Å². The standard InChI is InChI=1S/C17H29NO/c1-5-6-15(4)19-13-17-9-7-16(8-10-17)11-12-18-14(2)3/h7-10,14-15,18H,5-6,11-13H2,1-4H3. The Bertz CT molecular complexity index is 332. The number of nitrogens with one attached hydrogen (secondary N) is 1. The molecule has 0 saturated carbocycles. The van der Waals surface area contributed by atoms with Crippen LogP contribution in [-0.2, 0) is 17.8 Å². The first-order valence-electron chi connectivity index (χ1n) is 7.54. The van der Waals surface area contributed by atoms with Gasteiger partial charge in [-0.15, -0.1) is 0 Å². The van der Waals surface area contributed by atoms with Crippen LogP contribution >= 0.6 is 0 Å². The summed E-state index contributed by atoms with van der Waals surface area (Å²) in [6.45, 7) is 10.5. The molecule has 0 bridgehead atoms. The molecule has 2 nitrogen and oxygen atoms in total. The van der Waals surface area contributed by atoms with Crippen molar-refractivity contribution in [1.82, 2.24) is 5.32 Å². The van der Waals surface area contributed by atoms with Crippen molar-refractivity contribution in [3.8, 4) is 0 Å². The van der Waals surface area contributed by atoms with Gasteiger partial charge in [-0.25, -0.2) is 0 Å². The maximum Gasteiger partial charge on any atom is 0.0720 e. The van der Waals surface area contributed by atoms with Crippen LogP contribution in [-0.4, -0.2) is 18.7 Å². The van der Waals surface area contributed by atoms with Crippen molar-refractivity contribution in [2.75, 3.05) is 6.54 Å². The Balaban J connectivity index is 2.30. The molecule has 0 aromatic heterocycles. The van der Waals surface area contributed by atoms with E-state index in [0.29, 0.717) is 12.1 Å². The van der Waals surface area contributed by atoms with E-state index >= 15 is 0 Å². The molecule has 0 aliphatic carbocycles. The molecule has 0 aliphatic rings. The SMILES string of the molecule is CCCC(C)OCc1ccc(CCNC(C)C)cc1. The lowest BCUT2D eigenvalue weighted by molar-refractivity contribution is 0.0472. The average Bonchev–Trinajstić information content (AvgIpc) is 2.38. The Hall–Kier alpha value is -0.860. The summed E-state index contributed by atoms with van der Waals surface area (Å²) in [7, 11) is 0. The molecule has 0 fully saturated rings. The summed E-state index contributed by atoms with van der Waals surface area (Å²) >= 11 is 0. The third-order valence-electron chi connectivity index (χ3n) is 3.22. The van der Waals surface area contributed by atoms with E-state index in [1.54, 1.807) is 0 Å². The summed E-state index contributed by atoms with van der Waals surface area (Å²) in [6.07, 6.45) is 3.77. The zero-order chi connectivity index (χ0) is 14.1. The van der Waals surface area contributed by atoms with Gasteiger partial charge < -0.3 is 10.1 Å². The van der Waals surface area contributed by atoms with Crippen LogP contribution in [0.1, 0.15) is 51.7 Å². The fourth-order valence-corrected chi connectivity index (χ4v) is 2.04. The molecular formula is C17H29NO. The molecular weight excluding hydrogens is 234 g/mol. The fourth-order valence-electron chi connectivity index (χ4n) is 2.04. The van der Waals surface area contributed by atoms with Gasteiger partial charge >= 0.3 is 0 Å². The van der Waals surface area contributed by atoms with Crippen molar-refractivity contribution in [2.45, 2.75) is 65.7 Å². The lowest BCUT2D eigenvalue weighted by atomic mass is 10.1. The molecule has 1 aromatic carbocycles. The van der Waals surface area contributed by atoms with Crippen LogP contribution in [0.3, 0.4) is 0 Å². The Kier molecular flexibility index (Phi) is 7.76. The van der Waals surface area contributed by atoms with Gasteiger partial charge in [0.2, 0.25) is 0 Å². The van der Waals surface area contributed by atoms with E-state index < -0.39 is 0 Å². The van der Waals surface area contributed by atoms with Crippen LogP contribution in [0.25, 0.3) is 0 Å². The van der Waals surface area contributed by atoms with Crippen molar-refractivity contribution in [3.63, 3.8) is 0 Å². The zero-order valence-corrected chi connectivity index (χ0v) is 12.9. The number of rotatable bonds is 9. The lowest BCUT2D eigenvalue weighted by Gasteiger charge is -2.12. The van der Waals surface area contributed by atoms with Crippen molar-refractivity contribution in [1.29, 1.82) is 0 Å². The van der Waals surface area contributed by atoms with Crippen LogP contribution < -0.4 is 5.32 Å². The second kappa shape index (κ2) is 9.11. The maximum absolute atomic E-state index is 5.81. The predicted molar refractivity (Wildman–Crippen MR) is 82.4 cm³/mol. The molecule has 19 heavy (non-hydrogen) atoms. The lowest BCUT2D eigenvalue weighted by Crippen LogP contribution is -2.24. The monoisotopic (exact) mass is 263 g/mol. The number of hydrogen-bond donors (Lipinski definition) is 1. The summed E-state index contributed by atoms with van der Waals surface area (Å²) in [6, 6.07) is 9.36. The number of ether oxygens (including phenoxy) is 1. The fraction of sp³-hybridized carbons (Fsp3) is 0.647. The summed E-state index contributed by atoms with van der Waals surface area (Å²) in [5.41, 5.74) is 2.65. The summed E-state index contributed by atoms with van der Waals surface area (Å²) in [5.74, 6) is 0. The highest BCUT2D eigenvalue weighted by Crippen LogP contribution is 2.09. The first-order chi connectivity index (χ1) is 9.11. The summed E-state index contributed by atoms with van der Waals surface area (Å²) in [4.78, 5) is 0. The predicted octanol–water partition coefficient (Wildman–Crippen LogP) is 3.93. The van der Waals surface area contributed by atoms with Gasteiger partial charge in [0.1, 0.15) is 0 Å². The van der Waals surface area contributed by atoms with Crippen molar-refractivity contribution in [3.05, 3.63) is 35.4 Å². The third-order valence-corrected chi connectivity index (χ3v) is 3.22. The largest absolute Gasteiger partial charge is 0.374 e. The Morgan fingerprint density at radius 3 is 2.26 bits per heavy atom. The molecule has 108 valence electrons. The highest BCUT2D eigenvalue weighted by atomic mass is 16.5. The summed E-state index contributed by atoms with van der Waals surface area (Å²) in [5, 5.41) is 3.44. The van der Waals surface area contributed by atoms with Crippen molar-refractivity contribution in [2.24, 2.45) is 0 Å². The summed E-state index contributed by atoms with van der Waals surface area (Å²) < 4.78 is 5.81. The van der Waals surface area contributed by atoms with Gasteiger partial charge in [0, 0.05) is 6.04 Å². The molecule has 1 rings (SSSR count). The molecule has 0 radical (unpaired) electrons. The first-order valence-corrected chi connectivity index (χ1v) is 7.54. The Morgan fingerprint density at radius 1 is 1.05 bits per heavy atom. The van der Waals surface area contributed by atoms with Gasteiger partial charge in [0.25, 0.3) is 0 Å². The van der Waals surface area contributed by atoms with Gasteiger partial charge in [0.05, 0.1) is 12.7 Å². The Morgan fingerprint density at radius 2 is 1.68 bits per heavy atom. The molecule has 0 saturated heterocycles. The van der Waals surface area contributed by atoms with Gasteiger partial charge in [0.15, 0.2) is 0 Å². The topological polar surface area (TPSA) is 21.3 Å². The third kappa shape index (κ3) is 7.34. The molecule has 1 aromatic rings. The van der Waals surface area contributed by atoms with E-state index in [1.165, 1.54) is 17.5 Å². The second-order valence-electron chi connectivity index (χ2n) is 5.59. The van der Waals surface area contributed by atoms with E-state index in [-0.39, 0.29) is 0 Å². The number of hydrogen-bond acceptors (Lipinski definition) is 2. The van der Waals surface area contributed by atoms with Crippen LogP contribution in [0.2, 0.25) is 0 Å². The zero-order valence-electron chi connectivity index (χ0n) is 12.9. The molecule has 0 heterocycles. The molecule has 2 heteroatoms. The minimum Gasteiger partial charge on any atom is -0.374 e. The molecule has 0 spiro atoms. The van der Waals surface area contributed by atoms with E-state index in [1.807, 2.05) is 0 Å². The van der Waals surface area contributed by atoms with E-state index in [2.05, 4.69) is 57.3 Å². The highest BCUT2D eigenvalue weighted by Gasteiger charge is 2.01. The minimum atomic E-state index is 0.361. The minimum absolute atomic E-state index is 0.361.